The molecule has 2 aliphatic rings. The Bertz CT molecular complexity index is 203. The molecule has 4 nitrogen and oxygen atoms in total. The largest absolute Gasteiger partial charge is 0.456 e. The van der Waals surface area contributed by atoms with Gasteiger partial charge in [0.05, 0.1) is 13.2 Å². The molecule has 0 radical (unpaired) electrons. The zero-order chi connectivity index (χ0) is 9.26. The monoisotopic (exact) mass is 185 g/mol. The second kappa shape index (κ2) is 3.64. The van der Waals surface area contributed by atoms with Crippen molar-refractivity contribution in [3.8, 4) is 0 Å². The summed E-state index contributed by atoms with van der Waals surface area (Å²) < 4.78 is 10.1. The van der Waals surface area contributed by atoms with Crippen LogP contribution in [0.3, 0.4) is 0 Å². The van der Waals surface area contributed by atoms with E-state index in [2.05, 4.69) is 12.2 Å². The van der Waals surface area contributed by atoms with E-state index < -0.39 is 0 Å². The van der Waals surface area contributed by atoms with E-state index in [0.717, 1.165) is 13.0 Å². The normalized spacial score (nSPS) is 34.2. The smallest absolute Gasteiger partial charge is 0.323 e. The first kappa shape index (κ1) is 8.97. The average Bonchev–Trinajstić information content (AvgIpc) is 2.43. The molecular formula is C9H15NO3. The Morgan fingerprint density at radius 3 is 2.77 bits per heavy atom. The minimum atomic E-state index is -0.113. The van der Waals surface area contributed by atoms with Crippen molar-refractivity contribution in [2.24, 2.45) is 5.92 Å². The quantitative estimate of drug-likeness (QED) is 0.612. The van der Waals surface area contributed by atoms with Gasteiger partial charge in [0.15, 0.2) is 0 Å². The summed E-state index contributed by atoms with van der Waals surface area (Å²) in [6.45, 7) is 4.12. The van der Waals surface area contributed by atoms with E-state index in [1.807, 2.05) is 0 Å². The van der Waals surface area contributed by atoms with E-state index in [0.29, 0.717) is 19.1 Å². The third-order valence-corrected chi connectivity index (χ3v) is 2.68. The van der Waals surface area contributed by atoms with Crippen molar-refractivity contribution in [1.29, 1.82) is 0 Å². The summed E-state index contributed by atoms with van der Waals surface area (Å²) in [6, 6.07) is -0.0967. The van der Waals surface area contributed by atoms with E-state index >= 15 is 0 Å². The average molecular weight is 185 g/mol. The van der Waals surface area contributed by atoms with Crippen molar-refractivity contribution in [2.75, 3.05) is 19.8 Å². The number of nitrogens with one attached hydrogen (secondary N) is 1. The van der Waals surface area contributed by atoms with Crippen LogP contribution in [0.15, 0.2) is 0 Å². The molecule has 74 valence electrons. The van der Waals surface area contributed by atoms with Gasteiger partial charge in [0.2, 0.25) is 0 Å². The van der Waals surface area contributed by atoms with Crippen molar-refractivity contribution < 1.29 is 14.3 Å². The minimum Gasteiger partial charge on any atom is -0.456 e. The number of rotatable bonds is 2. The molecule has 2 saturated heterocycles. The molecule has 0 spiro atoms. The summed E-state index contributed by atoms with van der Waals surface area (Å²) in [7, 11) is 0. The molecule has 13 heavy (non-hydrogen) atoms. The summed E-state index contributed by atoms with van der Waals surface area (Å²) in [5.74, 6) is 0.284. The second-order valence-corrected chi connectivity index (χ2v) is 3.79. The lowest BCUT2D eigenvalue weighted by Crippen LogP contribution is -2.44. The molecule has 2 unspecified atom stereocenters. The molecule has 2 heterocycles. The van der Waals surface area contributed by atoms with Crippen LogP contribution in [0.5, 0.6) is 0 Å². The first-order chi connectivity index (χ1) is 6.27. The van der Waals surface area contributed by atoms with Gasteiger partial charge in [0, 0.05) is 0 Å². The van der Waals surface area contributed by atoms with Gasteiger partial charge in [-0.15, -0.1) is 0 Å². The van der Waals surface area contributed by atoms with Crippen LogP contribution in [-0.4, -0.2) is 37.9 Å². The second-order valence-electron chi connectivity index (χ2n) is 3.79. The molecule has 0 aromatic carbocycles. The number of carbonyl (C=O) groups is 1. The van der Waals surface area contributed by atoms with Crippen LogP contribution < -0.4 is 5.32 Å². The molecule has 2 rings (SSSR count). The summed E-state index contributed by atoms with van der Waals surface area (Å²) in [6.07, 6.45) is 1.06. The molecule has 0 aromatic rings. The van der Waals surface area contributed by atoms with E-state index in [4.69, 9.17) is 9.47 Å². The molecular weight excluding hydrogens is 170 g/mol. The molecule has 0 saturated carbocycles. The van der Waals surface area contributed by atoms with Gasteiger partial charge in [0.1, 0.15) is 12.1 Å². The van der Waals surface area contributed by atoms with E-state index in [-0.39, 0.29) is 18.1 Å². The minimum absolute atomic E-state index is 0.00194. The number of hydrogen-bond acceptors (Lipinski definition) is 4. The van der Waals surface area contributed by atoms with Crippen molar-refractivity contribution in [3.63, 3.8) is 0 Å². The molecule has 0 bridgehead atoms. The molecule has 2 fully saturated rings. The predicted octanol–water partition coefficient (Wildman–Crippen LogP) is -0.0736. The van der Waals surface area contributed by atoms with Crippen molar-refractivity contribution in [1.82, 2.24) is 5.32 Å². The first-order valence-corrected chi connectivity index (χ1v) is 4.79. The Morgan fingerprint density at radius 1 is 1.54 bits per heavy atom. The highest BCUT2D eigenvalue weighted by atomic mass is 16.6. The van der Waals surface area contributed by atoms with Crippen LogP contribution >= 0.6 is 0 Å². The number of ether oxygens (including phenoxy) is 2. The molecule has 1 N–H and O–H groups in total. The number of hydrogen-bond donors (Lipinski definition) is 1. The maximum Gasteiger partial charge on any atom is 0.323 e. The standard InChI is InChI=1S/C9H15NO3/c1-6-2-3-10-8(6)9(11)13-7-4-12-5-7/h6-8,10H,2-5H2,1H3. The van der Waals surface area contributed by atoms with Crippen molar-refractivity contribution in [2.45, 2.75) is 25.5 Å². The maximum atomic E-state index is 11.5. The Hall–Kier alpha value is -0.610. The van der Waals surface area contributed by atoms with Crippen LogP contribution in [0.2, 0.25) is 0 Å². The lowest BCUT2D eigenvalue weighted by molar-refractivity contribution is -0.174. The molecule has 0 aliphatic carbocycles. The SMILES string of the molecule is CC1CCNC1C(=O)OC1COC1. The lowest BCUT2D eigenvalue weighted by atomic mass is 10.0. The summed E-state index contributed by atoms with van der Waals surface area (Å²) >= 11 is 0. The van der Waals surface area contributed by atoms with Crippen LogP contribution in [0.1, 0.15) is 13.3 Å². The molecule has 0 aromatic heterocycles. The molecule has 4 heteroatoms. The highest BCUT2D eigenvalue weighted by molar-refractivity contribution is 5.76. The number of carbonyl (C=O) groups excluding carboxylic acids is 1. The first-order valence-electron chi connectivity index (χ1n) is 4.79. The van der Waals surface area contributed by atoms with Gasteiger partial charge in [-0.2, -0.15) is 0 Å². The highest BCUT2D eigenvalue weighted by Crippen LogP contribution is 2.17. The highest BCUT2D eigenvalue weighted by Gasteiger charge is 2.33. The topological polar surface area (TPSA) is 47.6 Å². The fourth-order valence-electron chi connectivity index (χ4n) is 1.67. The molecule has 0 amide bonds. The van der Waals surface area contributed by atoms with Gasteiger partial charge < -0.3 is 14.8 Å². The van der Waals surface area contributed by atoms with E-state index in [1.165, 1.54) is 0 Å². The van der Waals surface area contributed by atoms with Gasteiger partial charge in [0.25, 0.3) is 0 Å². The van der Waals surface area contributed by atoms with Crippen LogP contribution in [-0.2, 0) is 14.3 Å². The zero-order valence-corrected chi connectivity index (χ0v) is 7.79. The number of esters is 1. The zero-order valence-electron chi connectivity index (χ0n) is 7.79. The third kappa shape index (κ3) is 1.84. The van der Waals surface area contributed by atoms with E-state index in [1.54, 1.807) is 0 Å². The van der Waals surface area contributed by atoms with Crippen LogP contribution in [0, 0.1) is 5.92 Å². The van der Waals surface area contributed by atoms with Gasteiger partial charge in [-0.05, 0) is 18.9 Å². The lowest BCUT2D eigenvalue weighted by Gasteiger charge is -2.27. The third-order valence-electron chi connectivity index (χ3n) is 2.68. The molecule has 2 atom stereocenters. The predicted molar refractivity (Wildman–Crippen MR) is 46.3 cm³/mol. The summed E-state index contributed by atoms with van der Waals surface area (Å²) in [4.78, 5) is 11.5. The summed E-state index contributed by atoms with van der Waals surface area (Å²) in [5.41, 5.74) is 0. The van der Waals surface area contributed by atoms with Crippen LogP contribution in [0.25, 0.3) is 0 Å². The van der Waals surface area contributed by atoms with Crippen molar-refractivity contribution >= 4 is 5.97 Å². The van der Waals surface area contributed by atoms with E-state index in [9.17, 15) is 4.79 Å². The van der Waals surface area contributed by atoms with Gasteiger partial charge in [-0.3, -0.25) is 4.79 Å². The molecule has 2 aliphatic heterocycles. The van der Waals surface area contributed by atoms with Gasteiger partial charge in [-0.25, -0.2) is 0 Å². The van der Waals surface area contributed by atoms with Crippen LogP contribution in [0.4, 0.5) is 0 Å². The Morgan fingerprint density at radius 2 is 2.31 bits per heavy atom. The Kier molecular flexibility index (Phi) is 2.51. The fourth-order valence-corrected chi connectivity index (χ4v) is 1.67. The Labute approximate surface area is 77.6 Å². The maximum absolute atomic E-state index is 11.5. The van der Waals surface area contributed by atoms with Gasteiger partial charge >= 0.3 is 5.97 Å². The van der Waals surface area contributed by atoms with Crippen molar-refractivity contribution in [3.05, 3.63) is 0 Å². The summed E-state index contributed by atoms with van der Waals surface area (Å²) in [5, 5.41) is 3.14. The Balaban J connectivity index is 1.81. The van der Waals surface area contributed by atoms with Gasteiger partial charge in [-0.1, -0.05) is 6.92 Å². The fraction of sp³-hybridized carbons (Fsp3) is 0.889.